The molecule has 0 heterocycles. The molecule has 0 fully saturated rings. The molecule has 0 bridgehead atoms. The first-order chi connectivity index (χ1) is 11.6. The fourth-order valence-electron chi connectivity index (χ4n) is 2.94. The van der Waals surface area contributed by atoms with E-state index in [1.807, 2.05) is 54.6 Å². The molecule has 1 aliphatic carbocycles. The van der Waals surface area contributed by atoms with Crippen molar-refractivity contribution in [1.29, 1.82) is 0 Å². The van der Waals surface area contributed by atoms with E-state index >= 15 is 0 Å². The van der Waals surface area contributed by atoms with Crippen molar-refractivity contribution in [2.24, 2.45) is 0 Å². The largest absolute Gasteiger partial charge is 0.460 e. The number of nitrogens with one attached hydrogen (secondary N) is 1. The van der Waals surface area contributed by atoms with Gasteiger partial charge >= 0.3 is 12.1 Å². The number of alkyl carbamates (subject to hydrolysis) is 1. The molecule has 1 N–H and O–H groups in total. The van der Waals surface area contributed by atoms with Crippen LogP contribution in [0.25, 0.3) is 0 Å². The highest BCUT2D eigenvalue weighted by atomic mass is 16.6. The number of fused-ring (bicyclic) bond motifs is 1. The molecule has 0 unspecified atom stereocenters. The van der Waals surface area contributed by atoms with E-state index < -0.39 is 18.2 Å². The molecule has 0 saturated carbocycles. The minimum absolute atomic E-state index is 0.194. The molecule has 24 heavy (non-hydrogen) atoms. The molecular weight excluding hydrogens is 306 g/mol. The van der Waals surface area contributed by atoms with Crippen molar-refractivity contribution in [1.82, 2.24) is 5.32 Å². The summed E-state index contributed by atoms with van der Waals surface area (Å²) in [4.78, 5) is 23.5. The Morgan fingerprint density at radius 2 is 1.79 bits per heavy atom. The lowest BCUT2D eigenvalue weighted by molar-refractivity contribution is -0.147. The number of carbonyl (C=O) groups excluding carboxylic acids is 2. The maximum absolute atomic E-state index is 12.1. The maximum atomic E-state index is 12.1. The van der Waals surface area contributed by atoms with Crippen molar-refractivity contribution in [3.63, 3.8) is 0 Å². The van der Waals surface area contributed by atoms with Crippen LogP contribution in [0.5, 0.6) is 0 Å². The van der Waals surface area contributed by atoms with Crippen LogP contribution in [0.2, 0.25) is 0 Å². The van der Waals surface area contributed by atoms with Gasteiger partial charge in [-0.25, -0.2) is 4.79 Å². The normalized spacial score (nSPS) is 18.5. The van der Waals surface area contributed by atoms with Crippen LogP contribution in [0.1, 0.15) is 29.7 Å². The van der Waals surface area contributed by atoms with Gasteiger partial charge < -0.3 is 14.8 Å². The van der Waals surface area contributed by atoms with Gasteiger partial charge in [-0.05, 0) is 16.7 Å². The average molecular weight is 325 g/mol. The summed E-state index contributed by atoms with van der Waals surface area (Å²) in [5.41, 5.74) is 2.94. The Hall–Kier alpha value is -2.82. The van der Waals surface area contributed by atoms with Gasteiger partial charge in [0, 0.05) is 13.3 Å². The van der Waals surface area contributed by atoms with Crippen molar-refractivity contribution in [3.8, 4) is 0 Å². The van der Waals surface area contributed by atoms with E-state index in [1.165, 1.54) is 6.92 Å². The molecule has 5 nitrogen and oxygen atoms in total. The highest BCUT2D eigenvalue weighted by Crippen LogP contribution is 2.33. The van der Waals surface area contributed by atoms with E-state index in [-0.39, 0.29) is 12.6 Å². The quantitative estimate of drug-likeness (QED) is 0.877. The van der Waals surface area contributed by atoms with E-state index in [4.69, 9.17) is 9.47 Å². The lowest BCUT2D eigenvalue weighted by atomic mass is 10.1. The molecule has 5 heteroatoms. The lowest BCUT2D eigenvalue weighted by Gasteiger charge is -2.21. The van der Waals surface area contributed by atoms with E-state index in [0.29, 0.717) is 6.42 Å². The SMILES string of the molecule is CC(=O)O[C@@H]1Cc2ccccc2[C@H]1NC(=O)OCc1ccccc1. The van der Waals surface area contributed by atoms with Gasteiger partial charge in [-0.3, -0.25) is 4.79 Å². The van der Waals surface area contributed by atoms with Crippen molar-refractivity contribution in [2.75, 3.05) is 0 Å². The second-order valence-electron chi connectivity index (χ2n) is 5.73. The van der Waals surface area contributed by atoms with Crippen LogP contribution >= 0.6 is 0 Å². The monoisotopic (exact) mass is 325 g/mol. The van der Waals surface area contributed by atoms with Crippen LogP contribution in [-0.4, -0.2) is 18.2 Å². The number of benzene rings is 2. The summed E-state index contributed by atoms with van der Waals surface area (Å²) in [6, 6.07) is 16.8. The first kappa shape index (κ1) is 16.1. The number of hydrogen-bond acceptors (Lipinski definition) is 4. The van der Waals surface area contributed by atoms with Gasteiger partial charge in [0.1, 0.15) is 12.7 Å². The molecule has 0 saturated heterocycles. The summed E-state index contributed by atoms with van der Waals surface area (Å²) in [7, 11) is 0. The molecule has 2 aromatic carbocycles. The number of ether oxygens (including phenoxy) is 2. The van der Waals surface area contributed by atoms with Crippen molar-refractivity contribution < 1.29 is 19.1 Å². The third-order valence-electron chi connectivity index (χ3n) is 3.99. The predicted molar refractivity (Wildman–Crippen MR) is 88.2 cm³/mol. The smallest absolute Gasteiger partial charge is 0.408 e. The van der Waals surface area contributed by atoms with E-state index in [9.17, 15) is 9.59 Å². The lowest BCUT2D eigenvalue weighted by Crippen LogP contribution is -2.36. The Morgan fingerprint density at radius 3 is 2.54 bits per heavy atom. The molecule has 1 aliphatic rings. The topological polar surface area (TPSA) is 64.6 Å². The Morgan fingerprint density at radius 1 is 1.08 bits per heavy atom. The van der Waals surface area contributed by atoms with Gasteiger partial charge in [0.15, 0.2) is 0 Å². The summed E-state index contributed by atoms with van der Waals surface area (Å²) in [6.45, 7) is 1.56. The third-order valence-corrected chi connectivity index (χ3v) is 3.99. The third kappa shape index (κ3) is 3.74. The highest BCUT2D eigenvalue weighted by molar-refractivity contribution is 5.69. The molecular formula is C19H19NO4. The summed E-state index contributed by atoms with van der Waals surface area (Å²) in [5, 5.41) is 2.82. The van der Waals surface area contributed by atoms with Gasteiger partial charge in [0.05, 0.1) is 6.04 Å². The summed E-state index contributed by atoms with van der Waals surface area (Å²) >= 11 is 0. The number of rotatable bonds is 4. The Balaban J connectivity index is 1.66. The van der Waals surface area contributed by atoms with Crippen LogP contribution < -0.4 is 5.32 Å². The Bertz CT molecular complexity index is 729. The molecule has 2 atom stereocenters. The fourth-order valence-corrected chi connectivity index (χ4v) is 2.94. The fraction of sp³-hybridized carbons (Fsp3) is 0.263. The zero-order valence-electron chi connectivity index (χ0n) is 13.4. The van der Waals surface area contributed by atoms with Crippen LogP contribution in [0.4, 0.5) is 4.79 Å². The van der Waals surface area contributed by atoms with Crippen molar-refractivity contribution >= 4 is 12.1 Å². The van der Waals surface area contributed by atoms with E-state index in [0.717, 1.165) is 16.7 Å². The van der Waals surface area contributed by atoms with E-state index in [1.54, 1.807) is 0 Å². The van der Waals surface area contributed by atoms with Crippen LogP contribution in [0.15, 0.2) is 54.6 Å². The van der Waals surface area contributed by atoms with Crippen LogP contribution in [0.3, 0.4) is 0 Å². The zero-order chi connectivity index (χ0) is 16.9. The Kier molecular flexibility index (Phi) is 4.79. The van der Waals surface area contributed by atoms with Crippen LogP contribution in [-0.2, 0) is 27.3 Å². The molecule has 3 rings (SSSR count). The minimum atomic E-state index is -0.530. The van der Waals surface area contributed by atoms with E-state index in [2.05, 4.69) is 5.32 Å². The zero-order valence-corrected chi connectivity index (χ0v) is 13.4. The first-order valence-corrected chi connectivity index (χ1v) is 7.85. The highest BCUT2D eigenvalue weighted by Gasteiger charge is 2.35. The molecule has 0 radical (unpaired) electrons. The minimum Gasteiger partial charge on any atom is -0.460 e. The number of carbonyl (C=O) groups is 2. The number of hydrogen-bond donors (Lipinski definition) is 1. The van der Waals surface area contributed by atoms with Crippen molar-refractivity contribution in [2.45, 2.75) is 32.1 Å². The first-order valence-electron chi connectivity index (χ1n) is 7.85. The maximum Gasteiger partial charge on any atom is 0.408 e. The molecule has 1 amide bonds. The van der Waals surface area contributed by atoms with Gasteiger partial charge in [-0.2, -0.15) is 0 Å². The summed E-state index contributed by atoms with van der Waals surface area (Å²) < 4.78 is 10.6. The molecule has 2 aromatic rings. The summed E-state index contributed by atoms with van der Waals surface area (Å²) in [6.07, 6.45) is -0.360. The second-order valence-corrected chi connectivity index (χ2v) is 5.73. The van der Waals surface area contributed by atoms with Crippen LogP contribution in [0, 0.1) is 0 Å². The average Bonchev–Trinajstić information content (AvgIpc) is 2.91. The molecule has 0 spiro atoms. The van der Waals surface area contributed by atoms with Gasteiger partial charge in [0.25, 0.3) is 0 Å². The van der Waals surface area contributed by atoms with Gasteiger partial charge in [0.2, 0.25) is 0 Å². The Labute approximate surface area is 140 Å². The van der Waals surface area contributed by atoms with Crippen molar-refractivity contribution in [3.05, 3.63) is 71.3 Å². The number of esters is 1. The van der Waals surface area contributed by atoms with Gasteiger partial charge in [-0.15, -0.1) is 0 Å². The summed E-state index contributed by atoms with van der Waals surface area (Å²) in [5.74, 6) is -0.364. The second kappa shape index (κ2) is 7.17. The predicted octanol–water partition coefficient (Wildman–Crippen LogP) is 3.14. The molecule has 124 valence electrons. The standard InChI is InChI=1S/C19H19NO4/c1-13(21)24-17-11-15-9-5-6-10-16(15)18(17)20-19(22)23-12-14-7-3-2-4-8-14/h2-10,17-18H,11-12H2,1H3,(H,20,22)/t17-,18-/m1/s1. The van der Waals surface area contributed by atoms with Gasteiger partial charge in [-0.1, -0.05) is 54.6 Å². The molecule has 0 aliphatic heterocycles. The molecule has 0 aromatic heterocycles. The number of amides is 1.